The first-order valence-electron chi connectivity index (χ1n) is 4.62. The molecule has 0 aromatic heterocycles. The van der Waals surface area contributed by atoms with E-state index in [0.717, 1.165) is 0 Å². The van der Waals surface area contributed by atoms with Gasteiger partial charge < -0.3 is 5.73 Å². The van der Waals surface area contributed by atoms with E-state index in [0.29, 0.717) is 4.90 Å². The number of hydrogen-bond acceptors (Lipinski definition) is 2. The maximum atomic E-state index is 12.4. The monoisotopic (exact) mass is 282 g/mol. The highest BCUT2D eigenvalue weighted by molar-refractivity contribution is 7.80. The second kappa shape index (κ2) is 5.85. The summed E-state index contributed by atoms with van der Waals surface area (Å²) in [6.07, 6.45) is -9.28. The number of nitrogens with zero attached hydrogens (tertiary/aromatic N) is 1. The van der Waals surface area contributed by atoms with Crippen molar-refractivity contribution in [1.29, 1.82) is 0 Å². The van der Waals surface area contributed by atoms with Crippen molar-refractivity contribution in [2.45, 2.75) is 19.3 Å². The third kappa shape index (κ3) is 6.67. The van der Waals surface area contributed by atoms with Gasteiger partial charge in [0.2, 0.25) is 0 Å². The molecule has 0 aliphatic rings. The Hall–Kier alpha value is -0.570. The molecule has 0 rings (SSSR count). The molecule has 102 valence electrons. The number of alkyl halides is 6. The highest BCUT2D eigenvalue weighted by Crippen LogP contribution is 2.28. The van der Waals surface area contributed by atoms with E-state index in [-0.39, 0.29) is 6.54 Å². The van der Waals surface area contributed by atoms with Crippen LogP contribution in [0.4, 0.5) is 26.3 Å². The van der Waals surface area contributed by atoms with Crippen LogP contribution in [-0.4, -0.2) is 41.9 Å². The highest BCUT2D eigenvalue weighted by Gasteiger charge is 2.43. The molecular weight excluding hydrogens is 270 g/mol. The Morgan fingerprint density at radius 2 is 1.71 bits per heavy atom. The van der Waals surface area contributed by atoms with E-state index in [1.54, 1.807) is 0 Å². The predicted octanol–water partition coefficient (Wildman–Crippen LogP) is 2.34. The lowest BCUT2D eigenvalue weighted by atomic mass is 10.1. The quantitative estimate of drug-likeness (QED) is 0.620. The SMILES string of the molecule is CCN(CC(C(N)=S)C(F)(F)F)CC(F)(F)F. The molecule has 0 aromatic rings. The Morgan fingerprint density at radius 1 is 1.24 bits per heavy atom. The van der Waals surface area contributed by atoms with Gasteiger partial charge in [0.05, 0.1) is 11.5 Å². The van der Waals surface area contributed by atoms with Gasteiger partial charge in [-0.2, -0.15) is 26.3 Å². The molecule has 0 bridgehead atoms. The van der Waals surface area contributed by atoms with Crippen molar-refractivity contribution in [3.05, 3.63) is 0 Å². The first-order valence-corrected chi connectivity index (χ1v) is 5.03. The molecule has 0 saturated carbocycles. The highest BCUT2D eigenvalue weighted by atomic mass is 32.1. The summed E-state index contributed by atoms with van der Waals surface area (Å²) in [6.45, 7) is -1.14. The van der Waals surface area contributed by atoms with Crippen molar-refractivity contribution in [1.82, 2.24) is 4.90 Å². The molecule has 2 nitrogen and oxygen atoms in total. The van der Waals surface area contributed by atoms with E-state index in [1.165, 1.54) is 6.92 Å². The van der Waals surface area contributed by atoms with Gasteiger partial charge in [0.1, 0.15) is 5.92 Å². The Balaban J connectivity index is 4.68. The van der Waals surface area contributed by atoms with E-state index in [9.17, 15) is 26.3 Å². The smallest absolute Gasteiger partial charge is 0.393 e. The van der Waals surface area contributed by atoms with Crippen LogP contribution in [0.25, 0.3) is 0 Å². The summed E-state index contributed by atoms with van der Waals surface area (Å²) < 4.78 is 73.4. The Labute approximate surface area is 99.7 Å². The molecule has 0 radical (unpaired) electrons. The van der Waals surface area contributed by atoms with Gasteiger partial charge in [-0.15, -0.1) is 0 Å². The van der Waals surface area contributed by atoms with Crippen molar-refractivity contribution < 1.29 is 26.3 Å². The van der Waals surface area contributed by atoms with Crippen molar-refractivity contribution in [3.8, 4) is 0 Å². The van der Waals surface area contributed by atoms with Gasteiger partial charge in [0, 0.05) is 6.54 Å². The molecule has 0 aromatic carbocycles. The Bertz CT molecular complexity index is 262. The average molecular weight is 282 g/mol. The minimum atomic E-state index is -4.73. The van der Waals surface area contributed by atoms with E-state index in [2.05, 4.69) is 12.2 Å². The lowest BCUT2D eigenvalue weighted by Crippen LogP contribution is -2.46. The van der Waals surface area contributed by atoms with Gasteiger partial charge in [0.15, 0.2) is 0 Å². The average Bonchev–Trinajstić information content (AvgIpc) is 2.07. The standard InChI is InChI=1S/C8H12F6N2S/c1-2-16(4-7(9,10)11)3-5(6(15)17)8(12,13)14/h5H,2-4H2,1H3,(H2,15,17). The molecule has 1 atom stereocenters. The molecule has 17 heavy (non-hydrogen) atoms. The maximum Gasteiger partial charge on any atom is 0.401 e. The van der Waals surface area contributed by atoms with Crippen LogP contribution in [-0.2, 0) is 0 Å². The van der Waals surface area contributed by atoms with Crippen LogP contribution in [0.2, 0.25) is 0 Å². The van der Waals surface area contributed by atoms with Gasteiger partial charge in [-0.25, -0.2) is 0 Å². The molecule has 0 aliphatic heterocycles. The van der Waals surface area contributed by atoms with Crippen molar-refractivity contribution >= 4 is 17.2 Å². The van der Waals surface area contributed by atoms with Crippen LogP contribution in [0.15, 0.2) is 0 Å². The van der Waals surface area contributed by atoms with E-state index >= 15 is 0 Å². The zero-order chi connectivity index (χ0) is 13.9. The van der Waals surface area contributed by atoms with Crippen LogP contribution in [0.1, 0.15) is 6.92 Å². The number of nitrogens with two attached hydrogens (primary N) is 1. The van der Waals surface area contributed by atoms with Gasteiger partial charge in [-0.3, -0.25) is 4.90 Å². The minimum Gasteiger partial charge on any atom is -0.393 e. The van der Waals surface area contributed by atoms with Gasteiger partial charge in [-0.05, 0) is 6.54 Å². The molecule has 0 aliphatic carbocycles. The first kappa shape index (κ1) is 16.4. The number of halogens is 6. The summed E-state index contributed by atoms with van der Waals surface area (Å²) in [7, 11) is 0. The number of rotatable bonds is 5. The molecule has 0 amide bonds. The fourth-order valence-corrected chi connectivity index (χ4v) is 1.38. The number of hydrogen-bond donors (Lipinski definition) is 1. The van der Waals surface area contributed by atoms with E-state index < -0.39 is 36.3 Å². The van der Waals surface area contributed by atoms with Crippen LogP contribution >= 0.6 is 12.2 Å². The van der Waals surface area contributed by atoms with Gasteiger partial charge >= 0.3 is 12.4 Å². The molecule has 0 spiro atoms. The summed E-state index contributed by atoms with van der Waals surface area (Å²) in [5.41, 5.74) is 4.89. The molecule has 0 saturated heterocycles. The summed E-state index contributed by atoms with van der Waals surface area (Å²) >= 11 is 4.22. The van der Waals surface area contributed by atoms with Gasteiger partial charge in [-0.1, -0.05) is 19.1 Å². The molecule has 0 heterocycles. The largest absolute Gasteiger partial charge is 0.401 e. The molecule has 9 heteroatoms. The molecule has 1 unspecified atom stereocenters. The fraction of sp³-hybridized carbons (Fsp3) is 0.875. The summed E-state index contributed by atoms with van der Waals surface area (Å²) in [5.74, 6) is -2.22. The normalized spacial score (nSPS) is 15.1. The van der Waals surface area contributed by atoms with Crippen LogP contribution in [0, 0.1) is 5.92 Å². The Kier molecular flexibility index (Phi) is 5.66. The van der Waals surface area contributed by atoms with Crippen molar-refractivity contribution in [2.24, 2.45) is 11.7 Å². The van der Waals surface area contributed by atoms with Gasteiger partial charge in [0.25, 0.3) is 0 Å². The lowest BCUT2D eigenvalue weighted by Gasteiger charge is -2.27. The van der Waals surface area contributed by atoms with Crippen LogP contribution in [0.3, 0.4) is 0 Å². The minimum absolute atomic E-state index is 0.172. The zero-order valence-corrected chi connectivity index (χ0v) is 9.72. The van der Waals surface area contributed by atoms with Crippen LogP contribution < -0.4 is 5.73 Å². The molecule has 0 fully saturated rings. The Morgan fingerprint density at radius 3 is 1.94 bits per heavy atom. The van der Waals surface area contributed by atoms with Crippen molar-refractivity contribution in [3.63, 3.8) is 0 Å². The van der Waals surface area contributed by atoms with E-state index in [4.69, 9.17) is 5.73 Å². The fourth-order valence-electron chi connectivity index (χ4n) is 1.17. The summed E-state index contributed by atoms with van der Waals surface area (Å²) in [4.78, 5) is -0.241. The molecule has 2 N–H and O–H groups in total. The maximum absolute atomic E-state index is 12.4. The summed E-state index contributed by atoms with van der Waals surface area (Å²) in [5, 5.41) is 0. The van der Waals surface area contributed by atoms with Crippen molar-refractivity contribution in [2.75, 3.05) is 19.6 Å². The number of thiocarbonyl (C=S) groups is 1. The van der Waals surface area contributed by atoms with Crippen LogP contribution in [0.5, 0.6) is 0 Å². The zero-order valence-electron chi connectivity index (χ0n) is 8.90. The lowest BCUT2D eigenvalue weighted by molar-refractivity contribution is -0.173. The second-order valence-electron chi connectivity index (χ2n) is 3.44. The second-order valence-corrected chi connectivity index (χ2v) is 3.91. The first-order chi connectivity index (χ1) is 7.47. The topological polar surface area (TPSA) is 29.3 Å². The van der Waals surface area contributed by atoms with E-state index in [1.807, 2.05) is 0 Å². The molecular formula is C8H12F6N2S. The third-order valence-corrected chi connectivity index (χ3v) is 2.31. The predicted molar refractivity (Wildman–Crippen MR) is 54.5 cm³/mol. The third-order valence-electron chi connectivity index (χ3n) is 2.03. The summed E-state index contributed by atoms with van der Waals surface area (Å²) in [6, 6.07) is 0.